The van der Waals surface area contributed by atoms with Gasteiger partial charge in [-0.3, -0.25) is 4.90 Å². The van der Waals surface area contributed by atoms with Gasteiger partial charge in [0.15, 0.2) is 0 Å². The monoisotopic (exact) mass is 222 g/mol. The summed E-state index contributed by atoms with van der Waals surface area (Å²) in [5.74, 6) is -1.09. The van der Waals surface area contributed by atoms with Crippen molar-refractivity contribution in [2.24, 2.45) is 5.92 Å². The van der Waals surface area contributed by atoms with Gasteiger partial charge >= 0.3 is 6.18 Å². The molecule has 0 saturated carbocycles. The highest BCUT2D eigenvalue weighted by molar-refractivity contribution is 4.86. The minimum atomic E-state index is -4.00. The number of hydrogen-bond donors (Lipinski definition) is 1. The Labute approximate surface area is 87.8 Å². The first-order valence-electron chi connectivity index (χ1n) is 5.59. The molecule has 0 aromatic carbocycles. The average Bonchev–Trinajstić information content (AvgIpc) is 2.67. The van der Waals surface area contributed by atoms with E-state index in [1.807, 2.05) is 4.90 Å². The average molecular weight is 222 g/mol. The Morgan fingerprint density at radius 2 is 1.73 bits per heavy atom. The van der Waals surface area contributed by atoms with E-state index in [-0.39, 0.29) is 13.0 Å². The molecule has 2 aliphatic rings. The topological polar surface area (TPSA) is 15.3 Å². The van der Waals surface area contributed by atoms with Crippen molar-refractivity contribution in [3.63, 3.8) is 0 Å². The van der Waals surface area contributed by atoms with Crippen molar-refractivity contribution in [3.8, 4) is 0 Å². The number of halogens is 3. The second kappa shape index (κ2) is 4.29. The van der Waals surface area contributed by atoms with E-state index in [1.165, 1.54) is 0 Å². The van der Waals surface area contributed by atoms with Gasteiger partial charge in [0.2, 0.25) is 0 Å². The minimum Gasteiger partial charge on any atom is -0.317 e. The van der Waals surface area contributed by atoms with Crippen LogP contribution in [0, 0.1) is 5.92 Å². The largest absolute Gasteiger partial charge is 0.393 e. The molecule has 15 heavy (non-hydrogen) atoms. The van der Waals surface area contributed by atoms with E-state index in [4.69, 9.17) is 0 Å². The first-order valence-corrected chi connectivity index (χ1v) is 5.59. The second-order valence-electron chi connectivity index (χ2n) is 4.50. The van der Waals surface area contributed by atoms with Crippen molar-refractivity contribution in [1.29, 1.82) is 0 Å². The van der Waals surface area contributed by atoms with Crippen LogP contribution in [0.25, 0.3) is 0 Å². The molecular formula is C10H17F3N2. The first kappa shape index (κ1) is 11.2. The van der Waals surface area contributed by atoms with Crippen molar-refractivity contribution in [1.82, 2.24) is 10.2 Å². The van der Waals surface area contributed by atoms with Crippen molar-refractivity contribution >= 4 is 0 Å². The molecular weight excluding hydrogens is 205 g/mol. The van der Waals surface area contributed by atoms with Gasteiger partial charge in [-0.2, -0.15) is 13.2 Å². The Kier molecular flexibility index (Phi) is 3.21. The van der Waals surface area contributed by atoms with Crippen LogP contribution in [0.5, 0.6) is 0 Å². The van der Waals surface area contributed by atoms with Crippen LogP contribution in [0.4, 0.5) is 13.2 Å². The SMILES string of the molecule is FC(F)(F)[C@@H]1CCN(C2CCNCC2)C1. The summed E-state index contributed by atoms with van der Waals surface area (Å²) in [6, 6.07) is 0.374. The Bertz CT molecular complexity index is 211. The summed E-state index contributed by atoms with van der Waals surface area (Å²) in [5.41, 5.74) is 0. The van der Waals surface area contributed by atoms with Crippen LogP contribution in [-0.2, 0) is 0 Å². The summed E-state index contributed by atoms with van der Waals surface area (Å²) in [4.78, 5) is 2.03. The third kappa shape index (κ3) is 2.64. The quantitative estimate of drug-likeness (QED) is 0.725. The van der Waals surface area contributed by atoms with Gasteiger partial charge in [-0.1, -0.05) is 0 Å². The molecule has 0 unspecified atom stereocenters. The molecule has 0 spiro atoms. The highest BCUT2D eigenvalue weighted by Gasteiger charge is 2.44. The van der Waals surface area contributed by atoms with Crippen LogP contribution in [0.15, 0.2) is 0 Å². The number of alkyl halides is 3. The summed E-state index contributed by atoms with van der Waals surface area (Å²) in [6.45, 7) is 2.72. The molecule has 2 heterocycles. The maximum Gasteiger partial charge on any atom is 0.393 e. The normalized spacial score (nSPS) is 31.0. The van der Waals surface area contributed by atoms with Gasteiger partial charge in [0.1, 0.15) is 0 Å². The summed E-state index contributed by atoms with van der Waals surface area (Å²) in [7, 11) is 0. The van der Waals surface area contributed by atoms with Crippen molar-refractivity contribution in [2.75, 3.05) is 26.2 Å². The number of rotatable bonds is 1. The molecule has 0 bridgehead atoms. The standard InChI is InChI=1S/C10H17F3N2/c11-10(12,13)8-3-6-15(7-8)9-1-4-14-5-2-9/h8-9,14H,1-7H2/t8-/m1/s1. The molecule has 5 heteroatoms. The Hall–Kier alpha value is -0.290. The first-order chi connectivity index (χ1) is 7.07. The lowest BCUT2D eigenvalue weighted by molar-refractivity contribution is -0.171. The molecule has 2 rings (SSSR count). The smallest absolute Gasteiger partial charge is 0.317 e. The highest BCUT2D eigenvalue weighted by Crippen LogP contribution is 2.34. The van der Waals surface area contributed by atoms with Crippen molar-refractivity contribution in [3.05, 3.63) is 0 Å². The molecule has 2 saturated heterocycles. The zero-order chi connectivity index (χ0) is 10.9. The minimum absolute atomic E-state index is 0.216. The van der Waals surface area contributed by atoms with Crippen LogP contribution >= 0.6 is 0 Å². The molecule has 88 valence electrons. The molecule has 1 N–H and O–H groups in total. The maximum atomic E-state index is 12.5. The number of hydrogen-bond acceptors (Lipinski definition) is 2. The van der Waals surface area contributed by atoms with Crippen LogP contribution in [0.3, 0.4) is 0 Å². The Balaban J connectivity index is 1.86. The predicted octanol–water partition coefficient (Wildman–Crippen LogP) is 1.62. The van der Waals surface area contributed by atoms with E-state index in [9.17, 15) is 13.2 Å². The van der Waals surface area contributed by atoms with Gasteiger partial charge < -0.3 is 5.32 Å². The molecule has 2 aliphatic heterocycles. The number of nitrogens with zero attached hydrogens (tertiary/aromatic N) is 1. The van der Waals surface area contributed by atoms with E-state index < -0.39 is 12.1 Å². The van der Waals surface area contributed by atoms with E-state index >= 15 is 0 Å². The lowest BCUT2D eigenvalue weighted by Crippen LogP contribution is -2.42. The van der Waals surface area contributed by atoms with Crippen LogP contribution < -0.4 is 5.32 Å². The fraction of sp³-hybridized carbons (Fsp3) is 1.00. The van der Waals surface area contributed by atoms with E-state index in [2.05, 4.69) is 5.32 Å². The van der Waals surface area contributed by atoms with E-state index in [0.717, 1.165) is 25.9 Å². The third-order valence-corrected chi connectivity index (χ3v) is 3.51. The molecule has 2 nitrogen and oxygen atoms in total. The molecule has 0 aromatic heterocycles. The molecule has 2 fully saturated rings. The number of nitrogens with one attached hydrogen (secondary N) is 1. The van der Waals surface area contributed by atoms with Gasteiger partial charge in [0, 0.05) is 12.6 Å². The Morgan fingerprint density at radius 1 is 1.07 bits per heavy atom. The molecule has 1 atom stereocenters. The lowest BCUT2D eigenvalue weighted by atomic mass is 10.1. The lowest BCUT2D eigenvalue weighted by Gasteiger charge is -2.31. The zero-order valence-electron chi connectivity index (χ0n) is 8.69. The maximum absolute atomic E-state index is 12.5. The highest BCUT2D eigenvalue weighted by atomic mass is 19.4. The fourth-order valence-corrected chi connectivity index (χ4v) is 2.56. The van der Waals surface area contributed by atoms with Crippen LogP contribution in [0.1, 0.15) is 19.3 Å². The summed E-state index contributed by atoms with van der Waals surface area (Å²) >= 11 is 0. The number of piperidine rings is 1. The number of likely N-dealkylation sites (tertiary alicyclic amines) is 1. The van der Waals surface area contributed by atoms with Gasteiger partial charge in [0.05, 0.1) is 5.92 Å². The van der Waals surface area contributed by atoms with E-state index in [1.54, 1.807) is 0 Å². The second-order valence-corrected chi connectivity index (χ2v) is 4.50. The zero-order valence-corrected chi connectivity index (χ0v) is 8.69. The van der Waals surface area contributed by atoms with Gasteiger partial charge in [-0.25, -0.2) is 0 Å². The van der Waals surface area contributed by atoms with E-state index in [0.29, 0.717) is 12.6 Å². The van der Waals surface area contributed by atoms with Gasteiger partial charge in [-0.15, -0.1) is 0 Å². The summed E-state index contributed by atoms with van der Waals surface area (Å²) in [6.07, 6.45) is -1.73. The van der Waals surface area contributed by atoms with Gasteiger partial charge in [0.25, 0.3) is 0 Å². The van der Waals surface area contributed by atoms with Crippen LogP contribution in [0.2, 0.25) is 0 Å². The fourth-order valence-electron chi connectivity index (χ4n) is 2.56. The molecule has 0 amide bonds. The van der Waals surface area contributed by atoms with Crippen LogP contribution in [-0.4, -0.2) is 43.3 Å². The molecule has 0 radical (unpaired) electrons. The van der Waals surface area contributed by atoms with Gasteiger partial charge in [-0.05, 0) is 38.9 Å². The van der Waals surface area contributed by atoms with Crippen molar-refractivity contribution in [2.45, 2.75) is 31.5 Å². The van der Waals surface area contributed by atoms with Crippen molar-refractivity contribution < 1.29 is 13.2 Å². The predicted molar refractivity (Wildman–Crippen MR) is 51.6 cm³/mol. The summed E-state index contributed by atoms with van der Waals surface area (Å²) < 4.78 is 37.4. The third-order valence-electron chi connectivity index (χ3n) is 3.51. The molecule has 0 aromatic rings. The Morgan fingerprint density at radius 3 is 2.27 bits per heavy atom. The summed E-state index contributed by atoms with van der Waals surface area (Å²) in [5, 5.41) is 3.23. The molecule has 0 aliphatic carbocycles.